The standard InChI is InChI=1S/C18H22N4O6S/c1-11-15(17(24)21-18(25)19-11)29(26,27)22-9-5-6-12(10-22)16(23)20-13-7-3-4-8-14(13)28-2/h3-4,7-8,12H,5-6,9-10H2,1-2H3,(H,20,23)(H2,19,21,24,25)/t12-/m0/s1. The molecule has 1 aliphatic heterocycles. The highest BCUT2D eigenvalue weighted by molar-refractivity contribution is 7.89. The van der Waals surface area contributed by atoms with Gasteiger partial charge in [-0.15, -0.1) is 0 Å². The van der Waals surface area contributed by atoms with E-state index in [1.807, 2.05) is 4.98 Å². The van der Waals surface area contributed by atoms with Crippen LogP contribution in [0.4, 0.5) is 5.69 Å². The van der Waals surface area contributed by atoms with Gasteiger partial charge in [0.05, 0.1) is 18.7 Å². The summed E-state index contributed by atoms with van der Waals surface area (Å²) < 4.78 is 32.3. The SMILES string of the molecule is COc1ccccc1NC(=O)[C@H]1CCCN(S(=O)(=O)c2c(C)[nH]c(=O)[nH]c2=O)C1. The van der Waals surface area contributed by atoms with E-state index in [1.54, 1.807) is 24.3 Å². The average Bonchev–Trinajstić information content (AvgIpc) is 2.67. The summed E-state index contributed by atoms with van der Waals surface area (Å²) in [6.07, 6.45) is 0.970. The first-order valence-electron chi connectivity index (χ1n) is 9.01. The van der Waals surface area contributed by atoms with Gasteiger partial charge in [0.1, 0.15) is 5.75 Å². The Bertz CT molecular complexity index is 1140. The molecule has 3 rings (SSSR count). The second-order valence-electron chi connectivity index (χ2n) is 6.75. The summed E-state index contributed by atoms with van der Waals surface area (Å²) in [5.74, 6) is -0.427. The maximum Gasteiger partial charge on any atom is 0.325 e. The summed E-state index contributed by atoms with van der Waals surface area (Å²) in [4.78, 5) is 39.9. The fraction of sp³-hybridized carbons (Fsp3) is 0.389. The van der Waals surface area contributed by atoms with Crippen molar-refractivity contribution in [3.8, 4) is 5.75 Å². The van der Waals surface area contributed by atoms with Crippen LogP contribution in [-0.2, 0) is 14.8 Å². The van der Waals surface area contributed by atoms with Crippen LogP contribution < -0.4 is 21.3 Å². The Morgan fingerprint density at radius 2 is 1.97 bits per heavy atom. The number of aromatic amines is 2. The first kappa shape index (κ1) is 20.8. The van der Waals surface area contributed by atoms with Crippen LogP contribution in [0.3, 0.4) is 0 Å². The number of ether oxygens (including phenoxy) is 1. The first-order chi connectivity index (χ1) is 13.7. The zero-order valence-electron chi connectivity index (χ0n) is 16.0. The van der Waals surface area contributed by atoms with Crippen molar-refractivity contribution in [3.05, 3.63) is 50.8 Å². The topological polar surface area (TPSA) is 141 Å². The van der Waals surface area contributed by atoms with Crippen LogP contribution in [0.1, 0.15) is 18.5 Å². The van der Waals surface area contributed by atoms with Gasteiger partial charge in [0.2, 0.25) is 15.9 Å². The van der Waals surface area contributed by atoms with Crippen molar-refractivity contribution in [3.63, 3.8) is 0 Å². The molecule has 10 nitrogen and oxygen atoms in total. The molecule has 156 valence electrons. The number of methoxy groups -OCH3 is 1. The van der Waals surface area contributed by atoms with Gasteiger partial charge in [-0.3, -0.25) is 14.6 Å². The molecule has 2 heterocycles. The van der Waals surface area contributed by atoms with Crippen molar-refractivity contribution in [1.82, 2.24) is 14.3 Å². The van der Waals surface area contributed by atoms with E-state index in [2.05, 4.69) is 10.3 Å². The molecule has 0 bridgehead atoms. The number of aromatic nitrogens is 2. The monoisotopic (exact) mass is 422 g/mol. The summed E-state index contributed by atoms with van der Waals surface area (Å²) in [6.45, 7) is 1.46. The minimum atomic E-state index is -4.18. The number of rotatable bonds is 5. The number of nitrogens with one attached hydrogen (secondary N) is 3. The summed E-state index contributed by atoms with van der Waals surface area (Å²) in [6, 6.07) is 6.92. The zero-order chi connectivity index (χ0) is 21.2. The molecule has 1 aromatic heterocycles. The van der Waals surface area contributed by atoms with Crippen LogP contribution in [0.15, 0.2) is 38.8 Å². The molecule has 0 spiro atoms. The van der Waals surface area contributed by atoms with Crippen molar-refractivity contribution in [2.24, 2.45) is 5.92 Å². The predicted molar refractivity (Wildman–Crippen MR) is 106 cm³/mol. The Morgan fingerprint density at radius 1 is 1.24 bits per heavy atom. The zero-order valence-corrected chi connectivity index (χ0v) is 16.8. The molecule has 3 N–H and O–H groups in total. The number of amides is 1. The smallest absolute Gasteiger partial charge is 0.325 e. The van der Waals surface area contributed by atoms with Gasteiger partial charge >= 0.3 is 5.69 Å². The number of hydrogen-bond acceptors (Lipinski definition) is 6. The molecule has 2 aromatic rings. The van der Waals surface area contributed by atoms with Gasteiger partial charge in [0.15, 0.2) is 4.90 Å². The number of carbonyl (C=O) groups excluding carboxylic acids is 1. The van der Waals surface area contributed by atoms with Crippen molar-refractivity contribution in [2.75, 3.05) is 25.5 Å². The number of sulfonamides is 1. The number of benzene rings is 1. The van der Waals surface area contributed by atoms with E-state index in [0.29, 0.717) is 24.3 Å². The number of aryl methyl sites for hydroxylation is 1. The molecular weight excluding hydrogens is 400 g/mol. The lowest BCUT2D eigenvalue weighted by Gasteiger charge is -2.31. The Hall–Kier alpha value is -2.92. The first-order valence-corrected chi connectivity index (χ1v) is 10.4. The summed E-state index contributed by atoms with van der Waals surface area (Å²) in [5, 5.41) is 2.77. The third kappa shape index (κ3) is 4.25. The number of para-hydroxylation sites is 2. The van der Waals surface area contributed by atoms with Gasteiger partial charge in [-0.25, -0.2) is 13.2 Å². The molecule has 1 amide bonds. The lowest BCUT2D eigenvalue weighted by atomic mass is 9.98. The summed E-state index contributed by atoms with van der Waals surface area (Å²) in [5.41, 5.74) is -1.31. The van der Waals surface area contributed by atoms with Crippen LogP contribution in [0.2, 0.25) is 0 Å². The molecule has 0 unspecified atom stereocenters. The summed E-state index contributed by atoms with van der Waals surface area (Å²) in [7, 11) is -2.69. The second kappa shape index (κ2) is 8.21. The van der Waals surface area contributed by atoms with E-state index in [-0.39, 0.29) is 24.7 Å². The molecule has 1 fully saturated rings. The van der Waals surface area contributed by atoms with E-state index in [0.717, 1.165) is 4.31 Å². The Morgan fingerprint density at radius 3 is 2.66 bits per heavy atom. The molecule has 29 heavy (non-hydrogen) atoms. The van der Waals surface area contributed by atoms with Crippen LogP contribution in [0, 0.1) is 12.8 Å². The predicted octanol–water partition coefficient (Wildman–Crippen LogP) is 0.420. The maximum absolute atomic E-state index is 13.0. The molecular formula is C18H22N4O6S. The third-order valence-corrected chi connectivity index (χ3v) is 6.81. The normalized spacial score (nSPS) is 17.7. The van der Waals surface area contributed by atoms with Gasteiger partial charge in [-0.1, -0.05) is 12.1 Å². The highest BCUT2D eigenvalue weighted by atomic mass is 32.2. The number of piperidine rings is 1. The molecule has 1 aromatic carbocycles. The number of anilines is 1. The molecule has 0 aliphatic carbocycles. The lowest BCUT2D eigenvalue weighted by molar-refractivity contribution is -0.120. The van der Waals surface area contributed by atoms with E-state index in [9.17, 15) is 22.8 Å². The minimum Gasteiger partial charge on any atom is -0.495 e. The Balaban J connectivity index is 1.82. The minimum absolute atomic E-state index is 0.0423. The van der Waals surface area contributed by atoms with Crippen LogP contribution in [-0.4, -0.2) is 48.8 Å². The van der Waals surface area contributed by atoms with Gasteiger partial charge in [0, 0.05) is 18.8 Å². The Kier molecular flexibility index (Phi) is 5.89. The second-order valence-corrected chi connectivity index (χ2v) is 8.63. The van der Waals surface area contributed by atoms with E-state index < -0.39 is 32.1 Å². The highest BCUT2D eigenvalue weighted by Crippen LogP contribution is 2.27. The summed E-state index contributed by atoms with van der Waals surface area (Å²) >= 11 is 0. The van der Waals surface area contributed by atoms with Crippen LogP contribution >= 0.6 is 0 Å². The van der Waals surface area contributed by atoms with Crippen molar-refractivity contribution >= 4 is 21.6 Å². The van der Waals surface area contributed by atoms with Gasteiger partial charge in [0.25, 0.3) is 5.56 Å². The average molecular weight is 422 g/mol. The molecule has 1 aliphatic rings. The van der Waals surface area contributed by atoms with E-state index in [1.165, 1.54) is 14.0 Å². The number of carbonyl (C=O) groups is 1. The quantitative estimate of drug-likeness (QED) is 0.638. The van der Waals surface area contributed by atoms with Crippen molar-refractivity contribution < 1.29 is 17.9 Å². The molecule has 1 saturated heterocycles. The number of H-pyrrole nitrogens is 2. The van der Waals surface area contributed by atoms with Crippen LogP contribution in [0.5, 0.6) is 5.75 Å². The molecule has 0 saturated carbocycles. The number of hydrogen-bond donors (Lipinski definition) is 3. The lowest BCUT2D eigenvalue weighted by Crippen LogP contribution is -2.45. The van der Waals surface area contributed by atoms with Gasteiger partial charge < -0.3 is 15.0 Å². The van der Waals surface area contributed by atoms with Gasteiger partial charge in [-0.2, -0.15) is 4.31 Å². The van der Waals surface area contributed by atoms with Crippen LogP contribution in [0.25, 0.3) is 0 Å². The molecule has 1 atom stereocenters. The molecule has 0 radical (unpaired) electrons. The fourth-order valence-corrected chi connectivity index (χ4v) is 5.11. The van der Waals surface area contributed by atoms with E-state index in [4.69, 9.17) is 4.74 Å². The molecule has 11 heteroatoms. The van der Waals surface area contributed by atoms with E-state index >= 15 is 0 Å². The third-order valence-electron chi connectivity index (χ3n) is 4.79. The van der Waals surface area contributed by atoms with Gasteiger partial charge in [-0.05, 0) is 31.9 Å². The van der Waals surface area contributed by atoms with Crippen molar-refractivity contribution in [1.29, 1.82) is 0 Å². The fourth-order valence-electron chi connectivity index (χ4n) is 3.39. The number of nitrogens with zero attached hydrogens (tertiary/aromatic N) is 1. The maximum atomic E-state index is 13.0. The Labute approximate surface area is 167 Å². The largest absolute Gasteiger partial charge is 0.495 e. The highest BCUT2D eigenvalue weighted by Gasteiger charge is 2.36. The van der Waals surface area contributed by atoms with Crippen molar-refractivity contribution in [2.45, 2.75) is 24.7 Å².